The Kier molecular flexibility index (Phi) is 6.99. The molecule has 0 unspecified atom stereocenters. The number of phenolic OH excluding ortho intramolecular Hbond substituents is 1. The maximum atomic E-state index is 11.9. The average molecular weight is 364 g/mol. The molecule has 0 spiro atoms. The number of aromatic hydroxyl groups is 1. The number of carbonyl (C=O) groups is 2. The molecule has 0 amide bonds. The Balaban J connectivity index is 2.26. The van der Waals surface area contributed by atoms with Crippen LogP contribution >= 0.6 is 0 Å². The molecule has 1 aliphatic carbocycles. The number of rotatable bonds is 6. The van der Waals surface area contributed by atoms with Crippen LogP contribution in [0.15, 0.2) is 12.1 Å². The van der Waals surface area contributed by atoms with Gasteiger partial charge in [-0.2, -0.15) is 0 Å². The van der Waals surface area contributed by atoms with E-state index in [0.717, 1.165) is 19.3 Å². The highest BCUT2D eigenvalue weighted by atomic mass is 16.5. The molecule has 0 bridgehead atoms. The molecule has 0 heterocycles. The van der Waals surface area contributed by atoms with Crippen molar-refractivity contribution >= 4 is 11.9 Å². The third kappa shape index (κ3) is 4.53. The van der Waals surface area contributed by atoms with E-state index in [2.05, 4.69) is 24.3 Å². The molecule has 0 radical (unpaired) electrons. The Morgan fingerprint density at radius 3 is 2.42 bits per heavy atom. The third-order valence-corrected chi connectivity index (χ3v) is 4.96. The first kappa shape index (κ1) is 20.2. The largest absolute Gasteiger partial charge is 0.507 e. The Hall–Kier alpha value is -2.12. The molecule has 0 aromatic heterocycles. The van der Waals surface area contributed by atoms with Crippen molar-refractivity contribution in [2.75, 3.05) is 28.3 Å². The maximum absolute atomic E-state index is 11.9. The summed E-state index contributed by atoms with van der Waals surface area (Å²) in [4.78, 5) is 26.0. The van der Waals surface area contributed by atoms with Gasteiger partial charge in [-0.25, -0.2) is 9.59 Å². The van der Waals surface area contributed by atoms with Crippen molar-refractivity contribution in [1.82, 2.24) is 10.2 Å². The van der Waals surface area contributed by atoms with Crippen LogP contribution in [0.4, 0.5) is 0 Å². The second kappa shape index (κ2) is 9.00. The molecular weight excluding hydrogens is 336 g/mol. The van der Waals surface area contributed by atoms with Gasteiger partial charge in [-0.15, -0.1) is 0 Å². The molecule has 0 saturated heterocycles. The molecule has 1 aliphatic rings. The number of carbonyl (C=O) groups excluding carboxylic acids is 2. The Bertz CT molecular complexity index is 660. The third-order valence-electron chi connectivity index (χ3n) is 4.96. The fraction of sp³-hybridized carbons (Fsp3) is 0.579. The molecule has 7 heteroatoms. The normalized spacial score (nSPS) is 20.0. The molecule has 1 fully saturated rings. The minimum atomic E-state index is -0.696. The van der Waals surface area contributed by atoms with Gasteiger partial charge in [0.2, 0.25) is 0 Å². The van der Waals surface area contributed by atoms with Crippen LogP contribution in [0.3, 0.4) is 0 Å². The summed E-state index contributed by atoms with van der Waals surface area (Å²) in [5.41, 5.74) is 0.631. The average Bonchev–Trinajstić information content (AvgIpc) is 2.65. The Morgan fingerprint density at radius 1 is 1.15 bits per heavy atom. The zero-order valence-corrected chi connectivity index (χ0v) is 15.9. The van der Waals surface area contributed by atoms with Gasteiger partial charge in [-0.05, 0) is 39.1 Å². The first-order valence-electron chi connectivity index (χ1n) is 8.81. The first-order chi connectivity index (χ1) is 12.4. The molecule has 26 heavy (non-hydrogen) atoms. The number of hydrogen-bond acceptors (Lipinski definition) is 7. The predicted molar refractivity (Wildman–Crippen MR) is 97.4 cm³/mol. The fourth-order valence-electron chi connectivity index (χ4n) is 3.54. The van der Waals surface area contributed by atoms with Gasteiger partial charge in [0.15, 0.2) is 0 Å². The molecule has 1 aromatic carbocycles. The summed E-state index contributed by atoms with van der Waals surface area (Å²) in [7, 11) is 6.63. The molecule has 2 atom stereocenters. The Labute approximate surface area is 154 Å². The number of likely N-dealkylation sites (N-methyl/N-ethyl adjacent to an activating group) is 1. The van der Waals surface area contributed by atoms with E-state index in [1.54, 1.807) is 6.07 Å². The highest BCUT2D eigenvalue weighted by Crippen LogP contribution is 2.27. The summed E-state index contributed by atoms with van der Waals surface area (Å²) in [6, 6.07) is 3.53. The SMILES string of the molecule is COC(=O)c1cc(CN[C@H]2CCCC[C@@H]2N(C)C)c(O)c(C(=O)OC)c1. The van der Waals surface area contributed by atoms with Crippen LogP contribution in [0.2, 0.25) is 0 Å². The monoisotopic (exact) mass is 364 g/mol. The molecule has 1 aromatic rings. The summed E-state index contributed by atoms with van der Waals surface area (Å²) in [5, 5.41) is 13.9. The van der Waals surface area contributed by atoms with Gasteiger partial charge in [0.05, 0.1) is 19.8 Å². The summed E-state index contributed by atoms with van der Waals surface area (Å²) in [6.07, 6.45) is 4.52. The fourth-order valence-corrected chi connectivity index (χ4v) is 3.54. The van der Waals surface area contributed by atoms with Crippen LogP contribution in [0.1, 0.15) is 52.0 Å². The van der Waals surface area contributed by atoms with Crippen LogP contribution in [0, 0.1) is 0 Å². The lowest BCUT2D eigenvalue weighted by Gasteiger charge is -2.36. The molecule has 2 N–H and O–H groups in total. The molecule has 1 saturated carbocycles. The predicted octanol–water partition coefficient (Wildman–Crippen LogP) is 1.93. The highest BCUT2D eigenvalue weighted by Gasteiger charge is 2.27. The number of phenols is 1. The van der Waals surface area contributed by atoms with Crippen LogP contribution in [-0.2, 0) is 16.0 Å². The van der Waals surface area contributed by atoms with E-state index in [-0.39, 0.29) is 22.9 Å². The van der Waals surface area contributed by atoms with Gasteiger partial charge in [-0.3, -0.25) is 0 Å². The molecule has 2 rings (SSSR count). The van der Waals surface area contributed by atoms with Gasteiger partial charge >= 0.3 is 11.9 Å². The summed E-state index contributed by atoms with van der Waals surface area (Å²) < 4.78 is 9.45. The minimum absolute atomic E-state index is 0.0417. The second-order valence-electron chi connectivity index (χ2n) is 6.82. The van der Waals surface area contributed by atoms with Gasteiger partial charge < -0.3 is 24.8 Å². The van der Waals surface area contributed by atoms with E-state index in [1.807, 2.05) is 0 Å². The highest BCUT2D eigenvalue weighted by molar-refractivity contribution is 5.97. The standard InChI is InChI=1S/C19H28N2O5/c1-21(2)16-8-6-5-7-15(16)20-11-13-9-12(18(23)25-3)10-14(17(13)22)19(24)26-4/h9-10,15-16,20,22H,5-8,11H2,1-4H3/t15-,16-/m0/s1. The summed E-state index contributed by atoms with van der Waals surface area (Å²) >= 11 is 0. The quantitative estimate of drug-likeness (QED) is 0.746. The number of hydrogen-bond donors (Lipinski definition) is 2. The van der Waals surface area contributed by atoms with Gasteiger partial charge in [0.25, 0.3) is 0 Å². The van der Waals surface area contributed by atoms with Crippen molar-refractivity contribution in [3.63, 3.8) is 0 Å². The van der Waals surface area contributed by atoms with E-state index in [4.69, 9.17) is 9.47 Å². The number of ether oxygens (including phenoxy) is 2. The van der Waals surface area contributed by atoms with Crippen molar-refractivity contribution < 1.29 is 24.2 Å². The lowest BCUT2D eigenvalue weighted by atomic mass is 9.89. The van der Waals surface area contributed by atoms with Crippen LogP contribution < -0.4 is 5.32 Å². The lowest BCUT2D eigenvalue weighted by Crippen LogP contribution is -2.48. The lowest BCUT2D eigenvalue weighted by molar-refractivity contribution is 0.0596. The summed E-state index contributed by atoms with van der Waals surface area (Å²) in [5.74, 6) is -1.44. The van der Waals surface area contributed by atoms with Crippen LogP contribution in [0.25, 0.3) is 0 Å². The number of benzene rings is 1. The zero-order chi connectivity index (χ0) is 19.3. The van der Waals surface area contributed by atoms with Crippen molar-refractivity contribution in [1.29, 1.82) is 0 Å². The molecule has 0 aliphatic heterocycles. The van der Waals surface area contributed by atoms with Crippen LogP contribution in [0.5, 0.6) is 5.75 Å². The van der Waals surface area contributed by atoms with E-state index in [1.165, 1.54) is 26.7 Å². The molecule has 144 valence electrons. The van der Waals surface area contributed by atoms with E-state index in [0.29, 0.717) is 18.2 Å². The van der Waals surface area contributed by atoms with Crippen LogP contribution in [-0.4, -0.2) is 62.3 Å². The van der Waals surface area contributed by atoms with Crippen molar-refractivity contribution in [2.24, 2.45) is 0 Å². The number of nitrogens with one attached hydrogen (secondary N) is 1. The number of nitrogens with zero attached hydrogens (tertiary/aromatic N) is 1. The van der Waals surface area contributed by atoms with Gasteiger partial charge in [0, 0.05) is 24.2 Å². The van der Waals surface area contributed by atoms with Crippen molar-refractivity contribution in [3.05, 3.63) is 28.8 Å². The zero-order valence-electron chi connectivity index (χ0n) is 15.9. The van der Waals surface area contributed by atoms with E-state index in [9.17, 15) is 14.7 Å². The smallest absolute Gasteiger partial charge is 0.341 e. The van der Waals surface area contributed by atoms with Crippen molar-refractivity contribution in [2.45, 2.75) is 44.3 Å². The first-order valence-corrected chi connectivity index (χ1v) is 8.81. The minimum Gasteiger partial charge on any atom is -0.507 e. The number of methoxy groups -OCH3 is 2. The van der Waals surface area contributed by atoms with Gasteiger partial charge in [-0.1, -0.05) is 12.8 Å². The number of esters is 2. The van der Waals surface area contributed by atoms with Gasteiger partial charge in [0.1, 0.15) is 11.3 Å². The van der Waals surface area contributed by atoms with E-state index >= 15 is 0 Å². The van der Waals surface area contributed by atoms with Crippen molar-refractivity contribution in [3.8, 4) is 5.75 Å². The summed E-state index contributed by atoms with van der Waals surface area (Å²) in [6.45, 7) is 0.343. The van der Waals surface area contributed by atoms with E-state index < -0.39 is 11.9 Å². The topological polar surface area (TPSA) is 88.1 Å². The molecule has 7 nitrogen and oxygen atoms in total. The maximum Gasteiger partial charge on any atom is 0.341 e. The Morgan fingerprint density at radius 2 is 1.81 bits per heavy atom. The molecular formula is C19H28N2O5. The second-order valence-corrected chi connectivity index (χ2v) is 6.82.